The number of carbonyl (C=O) groups excluding carboxylic acids is 3. The number of alkyl halides is 3. The Balaban J connectivity index is 2.06. The molecule has 0 spiro atoms. The molecule has 2 N–H and O–H groups in total. The second-order valence-corrected chi connectivity index (χ2v) is 11.2. The molecule has 1 aromatic heterocycles. The van der Waals surface area contributed by atoms with Crippen molar-refractivity contribution in [2.75, 3.05) is 13.2 Å². The minimum Gasteiger partial charge on any atom is -0.460 e. The van der Waals surface area contributed by atoms with E-state index in [-0.39, 0.29) is 6.42 Å². The lowest BCUT2D eigenvalue weighted by molar-refractivity contribution is -0.152. The number of hydrogen-bond acceptors (Lipinski definition) is 8. The van der Waals surface area contributed by atoms with Crippen LogP contribution in [0.1, 0.15) is 39.3 Å². The molecular formula is C18H25Cl3N4O5S. The molecule has 1 fully saturated rings. The maximum atomic E-state index is 13.2. The summed E-state index contributed by atoms with van der Waals surface area (Å²) in [5.74, 6) is -1.07. The Hall–Kier alpha value is -1.33. The van der Waals surface area contributed by atoms with Gasteiger partial charge in [-0.25, -0.2) is 15.2 Å². The highest BCUT2D eigenvalue weighted by atomic mass is 35.6. The largest absolute Gasteiger partial charge is 0.460 e. The molecule has 0 radical (unpaired) electrons. The van der Waals surface area contributed by atoms with E-state index in [0.29, 0.717) is 25.1 Å². The minimum absolute atomic E-state index is 0.169. The third-order valence-electron chi connectivity index (χ3n) is 4.00. The minimum atomic E-state index is -1.73. The molecule has 1 saturated heterocycles. The number of alkyl carbamates (subject to hydrolysis) is 1. The number of amides is 2. The summed E-state index contributed by atoms with van der Waals surface area (Å²) in [6.07, 6.45) is 0.430. The molecule has 0 aliphatic carbocycles. The van der Waals surface area contributed by atoms with Gasteiger partial charge < -0.3 is 14.8 Å². The van der Waals surface area contributed by atoms with E-state index in [9.17, 15) is 14.4 Å². The van der Waals surface area contributed by atoms with Crippen molar-refractivity contribution in [1.82, 2.24) is 20.7 Å². The first kappa shape index (κ1) is 25.9. The molecule has 2 rings (SSSR count). The van der Waals surface area contributed by atoms with E-state index >= 15 is 0 Å². The van der Waals surface area contributed by atoms with Crippen LogP contribution in [0.3, 0.4) is 0 Å². The van der Waals surface area contributed by atoms with Gasteiger partial charge in [-0.15, -0.1) is 11.3 Å². The van der Waals surface area contributed by atoms with Crippen molar-refractivity contribution in [1.29, 1.82) is 0 Å². The van der Waals surface area contributed by atoms with Crippen molar-refractivity contribution in [2.45, 2.75) is 61.5 Å². The lowest BCUT2D eigenvalue weighted by Gasteiger charge is -2.35. The molecule has 0 bridgehead atoms. The monoisotopic (exact) mass is 514 g/mol. The van der Waals surface area contributed by atoms with E-state index < -0.39 is 46.1 Å². The molecule has 174 valence electrons. The highest BCUT2D eigenvalue weighted by Crippen LogP contribution is 2.26. The molecule has 2 atom stereocenters. The van der Waals surface area contributed by atoms with Gasteiger partial charge in [0.05, 0.1) is 11.2 Å². The first-order valence-electron chi connectivity index (χ1n) is 9.51. The van der Waals surface area contributed by atoms with Gasteiger partial charge in [0, 0.05) is 18.3 Å². The topological polar surface area (TPSA) is 110 Å². The fraction of sp³-hybridized carbons (Fsp3) is 0.667. The summed E-state index contributed by atoms with van der Waals surface area (Å²) in [4.78, 5) is 41.9. The van der Waals surface area contributed by atoms with Crippen LogP contribution < -0.4 is 10.7 Å². The number of aromatic nitrogens is 1. The second-order valence-electron chi connectivity index (χ2n) is 7.92. The van der Waals surface area contributed by atoms with Gasteiger partial charge in [0.2, 0.25) is 3.79 Å². The molecular weight excluding hydrogens is 491 g/mol. The van der Waals surface area contributed by atoms with Crippen molar-refractivity contribution in [2.24, 2.45) is 0 Å². The predicted octanol–water partition coefficient (Wildman–Crippen LogP) is 2.99. The summed E-state index contributed by atoms with van der Waals surface area (Å²) >= 11 is 18.2. The fourth-order valence-electron chi connectivity index (χ4n) is 2.75. The molecule has 2 unspecified atom stereocenters. The van der Waals surface area contributed by atoms with Gasteiger partial charge in [0.25, 0.3) is 5.91 Å². The Labute approximate surface area is 199 Å². The normalized spacial score (nSPS) is 18.3. The van der Waals surface area contributed by atoms with Crippen LogP contribution in [0.5, 0.6) is 0 Å². The molecule has 0 aromatic carbocycles. The number of hydrogen-bond donors (Lipinski definition) is 2. The Morgan fingerprint density at radius 2 is 2.06 bits per heavy atom. The van der Waals surface area contributed by atoms with Crippen LogP contribution in [0.4, 0.5) is 4.79 Å². The fourth-order valence-corrected chi connectivity index (χ4v) is 3.49. The number of thiazole rings is 1. The van der Waals surface area contributed by atoms with Crippen molar-refractivity contribution in [3.63, 3.8) is 0 Å². The van der Waals surface area contributed by atoms with E-state index in [1.165, 1.54) is 16.3 Å². The van der Waals surface area contributed by atoms with Crippen LogP contribution in [0.15, 0.2) is 10.9 Å². The summed E-state index contributed by atoms with van der Waals surface area (Å²) in [6, 6.07) is -1.73. The number of rotatable bonds is 6. The van der Waals surface area contributed by atoms with Crippen LogP contribution in [0.25, 0.3) is 0 Å². The van der Waals surface area contributed by atoms with Crippen molar-refractivity contribution in [3.8, 4) is 0 Å². The summed E-state index contributed by atoms with van der Waals surface area (Å²) in [7, 11) is 0. The van der Waals surface area contributed by atoms with Gasteiger partial charge in [-0.1, -0.05) is 34.8 Å². The molecule has 31 heavy (non-hydrogen) atoms. The van der Waals surface area contributed by atoms with E-state index in [0.717, 1.165) is 0 Å². The van der Waals surface area contributed by atoms with Crippen molar-refractivity contribution < 1.29 is 23.9 Å². The maximum absolute atomic E-state index is 13.2. The van der Waals surface area contributed by atoms with E-state index in [1.807, 2.05) is 0 Å². The average molecular weight is 516 g/mol. The molecule has 2 heterocycles. The average Bonchev–Trinajstić information content (AvgIpc) is 3.16. The predicted molar refractivity (Wildman–Crippen MR) is 118 cm³/mol. The zero-order valence-corrected chi connectivity index (χ0v) is 20.4. The lowest BCUT2D eigenvalue weighted by Crippen LogP contribution is -2.60. The second kappa shape index (κ2) is 11.0. The molecule has 13 heteroatoms. The SMILES string of the molecule is CC(C)(C)OC(=O)NC(Cc1cscn1)C(=O)N1CCCC(C(=O)OCC(Cl)(Cl)Cl)N1. The van der Waals surface area contributed by atoms with Gasteiger partial charge in [0.1, 0.15) is 24.3 Å². The zero-order chi connectivity index (χ0) is 23.2. The van der Waals surface area contributed by atoms with Gasteiger partial charge in [-0.2, -0.15) is 0 Å². The van der Waals surface area contributed by atoms with Gasteiger partial charge >= 0.3 is 12.1 Å². The summed E-state index contributed by atoms with van der Waals surface area (Å²) in [6.45, 7) is 5.11. The molecule has 1 aliphatic heterocycles. The number of esters is 1. The van der Waals surface area contributed by atoms with Crippen LogP contribution in [0.2, 0.25) is 0 Å². The number of ether oxygens (including phenoxy) is 2. The lowest BCUT2D eigenvalue weighted by atomic mass is 10.1. The summed E-state index contributed by atoms with van der Waals surface area (Å²) in [5.41, 5.74) is 4.40. The number of hydrazine groups is 1. The molecule has 0 saturated carbocycles. The van der Waals surface area contributed by atoms with Crippen LogP contribution in [-0.2, 0) is 25.5 Å². The summed E-state index contributed by atoms with van der Waals surface area (Å²) in [5, 5.41) is 5.68. The zero-order valence-electron chi connectivity index (χ0n) is 17.3. The number of halogens is 3. The molecule has 2 amide bonds. The Morgan fingerprint density at radius 1 is 1.35 bits per heavy atom. The Bertz CT molecular complexity index is 767. The van der Waals surface area contributed by atoms with Gasteiger partial charge in [-0.3, -0.25) is 14.6 Å². The molecule has 9 nitrogen and oxygen atoms in total. The van der Waals surface area contributed by atoms with Crippen LogP contribution in [-0.4, -0.2) is 62.6 Å². The maximum Gasteiger partial charge on any atom is 0.408 e. The van der Waals surface area contributed by atoms with Crippen LogP contribution >= 0.6 is 46.1 Å². The third kappa shape index (κ3) is 9.36. The van der Waals surface area contributed by atoms with Crippen molar-refractivity contribution >= 4 is 64.1 Å². The smallest absolute Gasteiger partial charge is 0.408 e. The highest BCUT2D eigenvalue weighted by Gasteiger charge is 2.35. The Morgan fingerprint density at radius 3 is 2.65 bits per heavy atom. The standard InChI is InChI=1S/C18H25Cl3N4O5S/c1-17(2,3)30-16(28)23-13(7-11-8-31-10-22-11)14(26)25-6-4-5-12(24-25)15(27)29-9-18(19,20)21/h8,10,12-13,24H,4-7,9H2,1-3H3,(H,23,28). The summed E-state index contributed by atoms with van der Waals surface area (Å²) < 4.78 is 8.56. The van der Waals surface area contributed by atoms with E-state index in [1.54, 1.807) is 31.7 Å². The van der Waals surface area contributed by atoms with Crippen LogP contribution in [0, 0.1) is 0 Å². The molecule has 1 aromatic rings. The number of nitrogens with one attached hydrogen (secondary N) is 2. The highest BCUT2D eigenvalue weighted by molar-refractivity contribution is 7.07. The van der Waals surface area contributed by atoms with Crippen molar-refractivity contribution in [3.05, 3.63) is 16.6 Å². The van der Waals surface area contributed by atoms with Gasteiger partial charge in [-0.05, 0) is 33.6 Å². The third-order valence-corrected chi connectivity index (χ3v) is 4.96. The van der Waals surface area contributed by atoms with Gasteiger partial charge in [0.15, 0.2) is 0 Å². The van der Waals surface area contributed by atoms with E-state index in [2.05, 4.69) is 15.7 Å². The number of nitrogens with zero attached hydrogens (tertiary/aromatic N) is 2. The Kier molecular flexibility index (Phi) is 9.20. The quantitative estimate of drug-likeness (QED) is 0.443. The van der Waals surface area contributed by atoms with E-state index in [4.69, 9.17) is 44.3 Å². The molecule has 1 aliphatic rings. The first-order valence-corrected chi connectivity index (χ1v) is 11.6. The first-order chi connectivity index (χ1) is 14.3. The number of carbonyl (C=O) groups is 3.